The van der Waals surface area contributed by atoms with E-state index in [-0.39, 0.29) is 23.4 Å². The number of aromatic nitrogens is 1. The first-order valence-electron chi connectivity index (χ1n) is 10.8. The molecule has 1 amide bonds. The van der Waals surface area contributed by atoms with Crippen LogP contribution in [0.3, 0.4) is 0 Å². The van der Waals surface area contributed by atoms with Crippen LogP contribution in [-0.4, -0.2) is 58.6 Å². The monoisotopic (exact) mass is 399 g/mol. The van der Waals surface area contributed by atoms with Crippen LogP contribution in [-0.2, 0) is 16.1 Å². The number of piperidine rings is 1. The van der Waals surface area contributed by atoms with E-state index in [2.05, 4.69) is 15.8 Å². The fourth-order valence-electron chi connectivity index (χ4n) is 4.90. The fraction of sp³-hybridized carbons (Fsp3) is 0.652. The number of ether oxygens (including phenoxy) is 1. The van der Waals surface area contributed by atoms with Gasteiger partial charge in [-0.15, -0.1) is 12.3 Å². The maximum Gasteiger partial charge on any atom is 0.225 e. The molecule has 0 N–H and O–H groups in total. The van der Waals surface area contributed by atoms with Crippen LogP contribution in [0.2, 0.25) is 0 Å². The molecule has 0 bridgehead atoms. The number of halogens is 1. The molecule has 2 aliphatic heterocycles. The summed E-state index contributed by atoms with van der Waals surface area (Å²) < 4.78 is 19.4. The van der Waals surface area contributed by atoms with E-state index in [4.69, 9.17) is 11.2 Å². The number of amides is 1. The molecule has 3 fully saturated rings. The second-order valence-corrected chi connectivity index (χ2v) is 8.82. The van der Waals surface area contributed by atoms with Crippen LogP contribution in [0.4, 0.5) is 4.39 Å². The van der Waals surface area contributed by atoms with Gasteiger partial charge in [0.05, 0.1) is 31.0 Å². The minimum Gasteiger partial charge on any atom is -0.374 e. The molecule has 2 saturated heterocycles. The van der Waals surface area contributed by atoms with Crippen LogP contribution in [0.15, 0.2) is 18.3 Å². The Morgan fingerprint density at radius 1 is 1.34 bits per heavy atom. The molecule has 1 aromatic rings. The highest BCUT2D eigenvalue weighted by molar-refractivity contribution is 5.76. The number of carbonyl (C=O) groups excluding carboxylic acids is 1. The van der Waals surface area contributed by atoms with Crippen molar-refractivity contribution in [1.82, 2.24) is 14.8 Å². The SMILES string of the molecule is C#CCC1CCCN(C(=O)CC2CN(Cc3ccc(F)cn3)C3(CCC3)CO2)C1. The number of pyridine rings is 1. The summed E-state index contributed by atoms with van der Waals surface area (Å²) in [5.41, 5.74) is 0.913. The van der Waals surface area contributed by atoms with Crippen LogP contribution in [0.25, 0.3) is 0 Å². The van der Waals surface area contributed by atoms with Crippen LogP contribution in [0.5, 0.6) is 0 Å². The van der Waals surface area contributed by atoms with E-state index in [9.17, 15) is 9.18 Å². The van der Waals surface area contributed by atoms with E-state index in [1.54, 1.807) is 6.07 Å². The molecule has 2 atom stereocenters. The molecule has 1 saturated carbocycles. The van der Waals surface area contributed by atoms with Crippen LogP contribution < -0.4 is 0 Å². The van der Waals surface area contributed by atoms with Crippen LogP contribution in [0, 0.1) is 24.1 Å². The molecular formula is C23H30FN3O2. The second kappa shape index (κ2) is 8.81. The molecule has 5 nitrogen and oxygen atoms in total. The molecule has 1 aromatic heterocycles. The Morgan fingerprint density at radius 2 is 2.21 bits per heavy atom. The molecule has 6 heteroatoms. The lowest BCUT2D eigenvalue weighted by Gasteiger charge is -2.54. The number of carbonyl (C=O) groups is 1. The van der Waals surface area contributed by atoms with E-state index in [1.165, 1.54) is 18.7 Å². The van der Waals surface area contributed by atoms with Gasteiger partial charge in [0.1, 0.15) is 5.82 Å². The van der Waals surface area contributed by atoms with Gasteiger partial charge in [0.25, 0.3) is 0 Å². The number of terminal acetylenes is 1. The van der Waals surface area contributed by atoms with Gasteiger partial charge in [0.15, 0.2) is 0 Å². The quantitative estimate of drug-likeness (QED) is 0.714. The molecule has 1 aliphatic carbocycles. The Hall–Kier alpha value is -1.97. The van der Waals surface area contributed by atoms with E-state index in [0.29, 0.717) is 32.0 Å². The topological polar surface area (TPSA) is 45.7 Å². The van der Waals surface area contributed by atoms with Crippen LogP contribution >= 0.6 is 0 Å². The molecule has 4 rings (SSSR count). The van der Waals surface area contributed by atoms with Gasteiger partial charge in [0, 0.05) is 38.1 Å². The van der Waals surface area contributed by atoms with Crippen molar-refractivity contribution in [2.75, 3.05) is 26.2 Å². The van der Waals surface area contributed by atoms with Crippen molar-refractivity contribution in [3.63, 3.8) is 0 Å². The third-order valence-electron chi connectivity index (χ3n) is 6.79. The molecular weight excluding hydrogens is 369 g/mol. The first-order valence-corrected chi connectivity index (χ1v) is 10.8. The van der Waals surface area contributed by atoms with E-state index in [1.807, 2.05) is 4.90 Å². The minimum atomic E-state index is -0.317. The first kappa shape index (κ1) is 20.3. The Kier molecular flexibility index (Phi) is 6.17. The smallest absolute Gasteiger partial charge is 0.225 e. The standard InChI is InChI=1S/C23H30FN3O2/c1-2-5-18-6-3-11-26(14-18)22(28)12-21-16-27(23(17-29-21)9-4-10-23)15-20-8-7-19(24)13-25-20/h1,7-8,13,18,21H,3-6,9-12,14-17H2. The van der Waals surface area contributed by atoms with Gasteiger partial charge in [-0.2, -0.15) is 0 Å². The van der Waals surface area contributed by atoms with E-state index >= 15 is 0 Å². The average molecular weight is 400 g/mol. The number of nitrogens with zero attached hydrogens (tertiary/aromatic N) is 3. The summed E-state index contributed by atoms with van der Waals surface area (Å²) in [5.74, 6) is 3.00. The van der Waals surface area contributed by atoms with Gasteiger partial charge in [-0.05, 0) is 50.2 Å². The van der Waals surface area contributed by atoms with E-state index in [0.717, 1.165) is 50.9 Å². The summed E-state index contributed by atoms with van der Waals surface area (Å²) in [4.78, 5) is 21.5. The minimum absolute atomic E-state index is 0.0542. The predicted octanol–water partition coefficient (Wildman–Crippen LogP) is 3.00. The summed E-state index contributed by atoms with van der Waals surface area (Å²) in [5, 5.41) is 0. The normalized spacial score (nSPS) is 26.7. The lowest BCUT2D eigenvalue weighted by atomic mass is 9.74. The van der Waals surface area contributed by atoms with Crippen molar-refractivity contribution in [3.8, 4) is 12.3 Å². The van der Waals surface area contributed by atoms with Gasteiger partial charge in [0.2, 0.25) is 5.91 Å². The highest BCUT2D eigenvalue weighted by atomic mass is 19.1. The zero-order valence-electron chi connectivity index (χ0n) is 17.0. The average Bonchev–Trinajstić information content (AvgIpc) is 2.69. The molecule has 3 aliphatic rings. The number of hydrogen-bond donors (Lipinski definition) is 0. The summed E-state index contributed by atoms with van der Waals surface area (Å²) in [6.45, 7) is 3.63. The van der Waals surface area contributed by atoms with Gasteiger partial charge in [-0.1, -0.05) is 0 Å². The number of morpholine rings is 1. The molecule has 2 unspecified atom stereocenters. The predicted molar refractivity (Wildman–Crippen MR) is 108 cm³/mol. The third-order valence-corrected chi connectivity index (χ3v) is 6.79. The molecule has 0 radical (unpaired) electrons. The lowest BCUT2D eigenvalue weighted by Crippen LogP contribution is -2.63. The summed E-state index contributed by atoms with van der Waals surface area (Å²) in [7, 11) is 0. The summed E-state index contributed by atoms with van der Waals surface area (Å²) in [6.07, 6.45) is 13.3. The molecule has 156 valence electrons. The van der Waals surface area contributed by atoms with Crippen molar-refractivity contribution >= 4 is 5.91 Å². The Balaban J connectivity index is 1.37. The van der Waals surface area contributed by atoms with Crippen molar-refractivity contribution in [2.24, 2.45) is 5.92 Å². The maximum atomic E-state index is 13.2. The van der Waals surface area contributed by atoms with Gasteiger partial charge < -0.3 is 9.64 Å². The van der Waals surface area contributed by atoms with Gasteiger partial charge in [-0.3, -0.25) is 14.7 Å². The molecule has 0 aromatic carbocycles. The maximum absolute atomic E-state index is 13.2. The Bertz CT molecular complexity index is 756. The number of likely N-dealkylation sites (tertiary alicyclic amines) is 1. The summed E-state index contributed by atoms with van der Waals surface area (Å²) in [6, 6.07) is 3.21. The Morgan fingerprint density at radius 3 is 2.90 bits per heavy atom. The zero-order valence-corrected chi connectivity index (χ0v) is 17.0. The molecule has 3 heterocycles. The number of rotatable bonds is 5. The molecule has 1 spiro atoms. The number of hydrogen-bond acceptors (Lipinski definition) is 4. The fourth-order valence-corrected chi connectivity index (χ4v) is 4.90. The van der Waals surface area contributed by atoms with Crippen molar-refractivity contribution in [1.29, 1.82) is 0 Å². The molecule has 29 heavy (non-hydrogen) atoms. The van der Waals surface area contributed by atoms with E-state index < -0.39 is 0 Å². The third kappa shape index (κ3) is 4.62. The highest BCUT2D eigenvalue weighted by Gasteiger charge is 2.47. The van der Waals surface area contributed by atoms with Crippen molar-refractivity contribution in [2.45, 2.75) is 63.1 Å². The van der Waals surface area contributed by atoms with Crippen molar-refractivity contribution < 1.29 is 13.9 Å². The van der Waals surface area contributed by atoms with Crippen LogP contribution in [0.1, 0.15) is 50.6 Å². The highest BCUT2D eigenvalue weighted by Crippen LogP contribution is 2.41. The van der Waals surface area contributed by atoms with Crippen molar-refractivity contribution in [3.05, 3.63) is 29.8 Å². The lowest BCUT2D eigenvalue weighted by molar-refractivity contribution is -0.159. The Labute approximate surface area is 172 Å². The van der Waals surface area contributed by atoms with Gasteiger partial charge >= 0.3 is 0 Å². The summed E-state index contributed by atoms with van der Waals surface area (Å²) >= 11 is 0. The first-order chi connectivity index (χ1) is 14.1. The largest absolute Gasteiger partial charge is 0.374 e. The van der Waals surface area contributed by atoms with Gasteiger partial charge in [-0.25, -0.2) is 4.39 Å². The second-order valence-electron chi connectivity index (χ2n) is 8.82. The zero-order chi connectivity index (χ0) is 20.3.